The molecule has 242 valence electrons. The molecule has 7 heterocycles. The van der Waals surface area contributed by atoms with E-state index in [4.69, 9.17) is 39.0 Å². The zero-order valence-corrected chi connectivity index (χ0v) is 26.0. The van der Waals surface area contributed by atoms with Crippen molar-refractivity contribution in [1.29, 1.82) is 0 Å². The standard InChI is InChI=1S/C21H23F2N9O9P2S2/c22-10-8-3-36-42(34,44)40-13-9(39-19(11(13)23)31-2-1-7-15(24)26-5-27-16(7)31)4-37-43(35,45)41-14(10)20(38-8)32-6-28-12-17(32)29-21(25)30-18(12)33/h1-2,5-6,8-11,13-14,19-20H,3-4H2,(H,34,44)(H,35,45)(H2,24,26,27)(H3,25,29,30,33)/t8-,9-,10+,11+,13-,14-,19-,20-,42-,43+/m1/s1. The van der Waals surface area contributed by atoms with Gasteiger partial charge in [-0.25, -0.2) is 32.9 Å². The molecule has 0 radical (unpaired) electrons. The quantitative estimate of drug-likeness (QED) is 0.148. The van der Waals surface area contributed by atoms with Crippen LogP contribution in [-0.4, -0.2) is 84.0 Å². The Labute approximate surface area is 260 Å². The first-order chi connectivity index (χ1) is 21.3. The third-order valence-corrected chi connectivity index (χ3v) is 10.6. The van der Waals surface area contributed by atoms with E-state index >= 15 is 8.78 Å². The highest BCUT2D eigenvalue weighted by molar-refractivity contribution is 8.44. The summed E-state index contributed by atoms with van der Waals surface area (Å²) in [6.07, 6.45) is -9.52. The number of fused-ring (bicyclic) bond motifs is 5. The van der Waals surface area contributed by atoms with Crippen LogP contribution < -0.4 is 17.0 Å². The molecule has 4 aromatic rings. The van der Waals surface area contributed by atoms with Crippen molar-refractivity contribution in [3.05, 3.63) is 35.3 Å². The van der Waals surface area contributed by atoms with Crippen LogP contribution in [0, 0.1) is 0 Å². The lowest BCUT2D eigenvalue weighted by atomic mass is 10.1. The number of aromatic nitrogens is 7. The molecule has 0 unspecified atom stereocenters. The molecule has 0 amide bonds. The fourth-order valence-corrected chi connectivity index (χ4v) is 8.31. The molecule has 3 saturated heterocycles. The van der Waals surface area contributed by atoms with Gasteiger partial charge >= 0.3 is 13.6 Å². The van der Waals surface area contributed by atoms with Gasteiger partial charge in [-0.05, 0) is 6.07 Å². The number of H-pyrrole nitrogens is 1. The number of alkyl halides is 2. The van der Waals surface area contributed by atoms with E-state index in [2.05, 4.69) is 49.4 Å². The summed E-state index contributed by atoms with van der Waals surface area (Å²) in [6.45, 7) is -10.4. The number of imidazole rings is 1. The molecule has 45 heavy (non-hydrogen) atoms. The molecule has 10 atom stereocenters. The highest BCUT2D eigenvalue weighted by Crippen LogP contribution is 2.60. The molecule has 3 aliphatic heterocycles. The van der Waals surface area contributed by atoms with Crippen LogP contribution in [-0.2, 0) is 36.7 Å². The van der Waals surface area contributed by atoms with Gasteiger partial charge in [0.2, 0.25) is 5.95 Å². The predicted molar refractivity (Wildman–Crippen MR) is 157 cm³/mol. The van der Waals surface area contributed by atoms with E-state index in [0.717, 1.165) is 10.9 Å². The normalized spacial score (nSPS) is 37.7. The van der Waals surface area contributed by atoms with Crippen LogP contribution in [0.2, 0.25) is 0 Å². The van der Waals surface area contributed by atoms with Crippen LogP contribution in [0.1, 0.15) is 12.5 Å². The van der Waals surface area contributed by atoms with E-state index in [1.165, 1.54) is 17.1 Å². The predicted octanol–water partition coefficient (Wildman–Crippen LogP) is 2.09. The van der Waals surface area contributed by atoms with E-state index in [-0.39, 0.29) is 28.6 Å². The summed E-state index contributed by atoms with van der Waals surface area (Å²) in [5, 5.41) is 0.419. The Morgan fingerprint density at radius 1 is 0.911 bits per heavy atom. The van der Waals surface area contributed by atoms with Crippen molar-refractivity contribution in [3.8, 4) is 0 Å². The molecule has 5 N–H and O–H groups in total. The lowest BCUT2D eigenvalue weighted by Gasteiger charge is -2.26. The number of nitrogens with zero attached hydrogens (tertiary/aromatic N) is 6. The van der Waals surface area contributed by atoms with Gasteiger partial charge < -0.3 is 25.5 Å². The maximum Gasteiger partial charge on any atom is 0.386 e. The van der Waals surface area contributed by atoms with Crippen molar-refractivity contribution in [2.75, 3.05) is 24.7 Å². The first kappa shape index (κ1) is 31.0. The fourth-order valence-electron chi connectivity index (χ4n) is 5.37. The van der Waals surface area contributed by atoms with E-state index in [1.54, 1.807) is 6.07 Å². The Hall–Kier alpha value is -2.65. The molecule has 3 fully saturated rings. The molecule has 18 nitrogen and oxygen atoms in total. The summed E-state index contributed by atoms with van der Waals surface area (Å²) in [7, 11) is 0. The minimum absolute atomic E-state index is 0.102. The maximum atomic E-state index is 16.0. The van der Waals surface area contributed by atoms with Gasteiger partial charge in [-0.3, -0.25) is 32.4 Å². The fraction of sp³-hybridized carbons (Fsp3) is 0.476. The van der Waals surface area contributed by atoms with Crippen LogP contribution in [0.25, 0.3) is 22.2 Å². The molecular formula is C21H23F2N9O9P2S2. The minimum Gasteiger partial charge on any atom is -0.383 e. The second kappa shape index (κ2) is 11.3. The van der Waals surface area contributed by atoms with Gasteiger partial charge in [-0.1, -0.05) is 24.5 Å². The molecule has 24 heteroatoms. The van der Waals surface area contributed by atoms with Crippen LogP contribution in [0.4, 0.5) is 20.5 Å². The highest BCUT2D eigenvalue weighted by atomic mass is 32.7. The lowest BCUT2D eigenvalue weighted by Crippen LogP contribution is -2.33. The van der Waals surface area contributed by atoms with E-state index in [0.29, 0.717) is 5.39 Å². The van der Waals surface area contributed by atoms with Gasteiger partial charge in [0.05, 0.1) is 24.9 Å². The first-order valence-corrected chi connectivity index (χ1v) is 18.4. The van der Waals surface area contributed by atoms with Gasteiger partial charge in [0, 0.05) is 6.20 Å². The summed E-state index contributed by atoms with van der Waals surface area (Å²) < 4.78 is 94.5. The Balaban J connectivity index is 1.21. The number of halogens is 2. The van der Waals surface area contributed by atoms with Crippen molar-refractivity contribution in [3.63, 3.8) is 0 Å². The van der Waals surface area contributed by atoms with Gasteiger partial charge in [0.15, 0.2) is 36.0 Å². The number of hydrogen-bond donors (Lipinski definition) is 5. The van der Waals surface area contributed by atoms with Gasteiger partial charge in [0.25, 0.3) is 5.56 Å². The number of anilines is 2. The number of nitrogens with two attached hydrogens (primary N) is 2. The van der Waals surface area contributed by atoms with Crippen LogP contribution in [0.5, 0.6) is 0 Å². The second-order valence-electron chi connectivity index (χ2n) is 10.2. The molecular weight excluding hydrogens is 686 g/mol. The smallest absolute Gasteiger partial charge is 0.383 e. The second-order valence-corrected chi connectivity index (χ2v) is 15.9. The first-order valence-electron chi connectivity index (χ1n) is 13.0. The highest BCUT2D eigenvalue weighted by Gasteiger charge is 2.54. The van der Waals surface area contributed by atoms with Crippen molar-refractivity contribution >= 4 is 72.1 Å². The Kier molecular flexibility index (Phi) is 7.75. The zero-order chi connectivity index (χ0) is 31.8. The summed E-state index contributed by atoms with van der Waals surface area (Å²) in [6, 6.07) is 1.55. The lowest BCUT2D eigenvalue weighted by molar-refractivity contribution is -0.0563. The van der Waals surface area contributed by atoms with E-state index in [9.17, 15) is 13.9 Å². The minimum atomic E-state index is -4.48. The summed E-state index contributed by atoms with van der Waals surface area (Å²) in [5.74, 6) is -0.119. The Bertz CT molecular complexity index is 1950. The summed E-state index contributed by atoms with van der Waals surface area (Å²) in [4.78, 5) is 30.6. The number of thiol groups is 2. The molecule has 4 aromatic heterocycles. The maximum absolute atomic E-state index is 16.0. The monoisotopic (exact) mass is 709 g/mol. The molecule has 0 aliphatic carbocycles. The van der Waals surface area contributed by atoms with Crippen LogP contribution in [0.3, 0.4) is 0 Å². The van der Waals surface area contributed by atoms with Gasteiger partial charge in [-0.2, -0.15) is 4.98 Å². The van der Waals surface area contributed by atoms with Crippen molar-refractivity contribution in [1.82, 2.24) is 34.1 Å². The number of ether oxygens (including phenoxy) is 2. The largest absolute Gasteiger partial charge is 0.386 e. The molecule has 0 spiro atoms. The number of hydrogen-bond acceptors (Lipinski definition) is 15. The molecule has 0 saturated carbocycles. The number of aromatic amines is 1. The number of rotatable bonds is 2. The third-order valence-electron chi connectivity index (χ3n) is 7.38. The van der Waals surface area contributed by atoms with Crippen LogP contribution in [0.15, 0.2) is 29.7 Å². The number of nitrogens with one attached hydrogen (secondary N) is 1. The topological polar surface area (TPSA) is 236 Å². The zero-order valence-electron chi connectivity index (χ0n) is 22.4. The average Bonchev–Trinajstić information content (AvgIpc) is 3.72. The molecule has 2 bridgehead atoms. The van der Waals surface area contributed by atoms with E-state index < -0.39 is 81.6 Å². The summed E-state index contributed by atoms with van der Waals surface area (Å²) >= 11 is 7.96. The van der Waals surface area contributed by atoms with Crippen LogP contribution >= 0.6 is 38.1 Å². The Morgan fingerprint density at radius 2 is 1.60 bits per heavy atom. The van der Waals surface area contributed by atoms with Crippen molar-refractivity contribution in [2.45, 2.75) is 49.2 Å². The summed E-state index contributed by atoms with van der Waals surface area (Å²) in [5.41, 5.74) is 10.9. The van der Waals surface area contributed by atoms with Gasteiger partial charge in [-0.15, -0.1) is 0 Å². The van der Waals surface area contributed by atoms with Gasteiger partial charge in [0.1, 0.15) is 42.2 Å². The third kappa shape index (κ3) is 5.56. The molecule has 7 rings (SSSR count). The Morgan fingerprint density at radius 3 is 2.36 bits per heavy atom. The van der Waals surface area contributed by atoms with E-state index in [1.807, 2.05) is 0 Å². The number of nitrogen functional groups attached to an aromatic ring is 2. The SMILES string of the molecule is Nc1nc2c(ncn2[C@@H]2O[C@@H]3CO[P@@](=O)(S)O[C@H]4[C@H](F)[C@H](n5ccc6c(N)ncnc65)O[C@@H]4CO[P@](=O)(S)O[C@@H]2[C@H]3F)c(=O)[nH]1. The average molecular weight is 710 g/mol. The van der Waals surface area contributed by atoms with Crippen molar-refractivity contribution in [2.24, 2.45) is 0 Å². The molecule has 0 aromatic carbocycles. The molecule has 3 aliphatic rings. The van der Waals surface area contributed by atoms with Crippen molar-refractivity contribution < 1.29 is 45.5 Å².